The molecule has 122 valence electrons. The van der Waals surface area contributed by atoms with Crippen molar-refractivity contribution in [2.75, 3.05) is 24.6 Å². The number of nitrogens with zero attached hydrogens (tertiary/aromatic N) is 3. The molecule has 0 N–H and O–H groups in total. The summed E-state index contributed by atoms with van der Waals surface area (Å²) in [6, 6.07) is 6.13. The molecule has 0 atom stereocenters. The molecule has 0 bridgehead atoms. The topological polar surface area (TPSA) is 55.3 Å². The highest BCUT2D eigenvalue weighted by Crippen LogP contribution is 2.31. The zero-order valence-electron chi connectivity index (χ0n) is 13.5. The summed E-state index contributed by atoms with van der Waals surface area (Å²) in [6.07, 6.45) is 2.07. The number of anilines is 1. The predicted molar refractivity (Wildman–Crippen MR) is 91.2 cm³/mol. The van der Waals surface area contributed by atoms with E-state index in [9.17, 15) is 4.79 Å². The summed E-state index contributed by atoms with van der Waals surface area (Å²) in [6.45, 7) is 6.14. The van der Waals surface area contributed by atoms with E-state index in [0.717, 1.165) is 42.5 Å². The fraction of sp³-hybridized carbons (Fsp3) is 0.471. The molecule has 1 fully saturated rings. The summed E-state index contributed by atoms with van der Waals surface area (Å²) in [7, 11) is 0. The van der Waals surface area contributed by atoms with Crippen LogP contribution in [0.2, 0.25) is 0 Å². The summed E-state index contributed by atoms with van der Waals surface area (Å²) in [4.78, 5) is 23.1. The minimum Gasteiger partial charge on any atom is -0.461 e. The summed E-state index contributed by atoms with van der Waals surface area (Å²) < 4.78 is 5.00. The number of hydrogen-bond acceptors (Lipinski definition) is 6. The molecule has 0 amide bonds. The summed E-state index contributed by atoms with van der Waals surface area (Å²) in [5.74, 6) is 1.15. The molecule has 1 aliphatic rings. The second-order valence-electron chi connectivity index (χ2n) is 5.69. The highest BCUT2D eigenvalue weighted by molar-refractivity contribution is 7.09. The van der Waals surface area contributed by atoms with Crippen molar-refractivity contribution >= 4 is 23.1 Å². The molecule has 5 nitrogen and oxygen atoms in total. The third-order valence-corrected chi connectivity index (χ3v) is 5.06. The Labute approximate surface area is 140 Å². The van der Waals surface area contributed by atoms with Gasteiger partial charge in [-0.3, -0.25) is 0 Å². The van der Waals surface area contributed by atoms with Gasteiger partial charge in [0.1, 0.15) is 5.82 Å². The van der Waals surface area contributed by atoms with Crippen LogP contribution in [-0.2, 0) is 4.74 Å². The van der Waals surface area contributed by atoms with Gasteiger partial charge >= 0.3 is 5.97 Å². The van der Waals surface area contributed by atoms with Crippen LogP contribution in [0, 0.1) is 6.92 Å². The summed E-state index contributed by atoms with van der Waals surface area (Å²) >= 11 is 1.56. The average molecular weight is 331 g/mol. The number of rotatable bonds is 4. The molecule has 0 saturated carbocycles. The number of thiazole rings is 1. The Morgan fingerprint density at radius 1 is 1.35 bits per heavy atom. The second-order valence-corrected chi connectivity index (χ2v) is 6.58. The Balaban J connectivity index is 1.62. The molecule has 0 aromatic carbocycles. The summed E-state index contributed by atoms with van der Waals surface area (Å²) in [5.41, 5.74) is 1.48. The van der Waals surface area contributed by atoms with E-state index < -0.39 is 0 Å². The van der Waals surface area contributed by atoms with E-state index in [1.54, 1.807) is 18.3 Å². The third-order valence-electron chi connectivity index (χ3n) is 4.05. The van der Waals surface area contributed by atoms with Gasteiger partial charge in [-0.2, -0.15) is 0 Å². The van der Waals surface area contributed by atoms with E-state index in [1.165, 1.54) is 0 Å². The Morgan fingerprint density at radius 3 is 2.83 bits per heavy atom. The van der Waals surface area contributed by atoms with Crippen LogP contribution >= 0.6 is 11.3 Å². The number of carbonyl (C=O) groups excluding carboxylic acids is 1. The molecule has 3 heterocycles. The molecular formula is C17H21N3O2S. The zero-order valence-corrected chi connectivity index (χ0v) is 14.3. The van der Waals surface area contributed by atoms with Crippen LogP contribution in [0.1, 0.15) is 46.9 Å². The van der Waals surface area contributed by atoms with E-state index in [0.29, 0.717) is 18.2 Å². The number of carbonyl (C=O) groups is 1. The van der Waals surface area contributed by atoms with E-state index in [4.69, 9.17) is 4.74 Å². The number of hydrogen-bond donors (Lipinski definition) is 0. The minimum absolute atomic E-state index is 0.323. The van der Waals surface area contributed by atoms with Crippen LogP contribution in [0.5, 0.6) is 0 Å². The lowest BCUT2D eigenvalue weighted by Gasteiger charge is -2.32. The maximum atomic E-state index is 11.7. The number of aryl methyl sites for hydroxylation is 1. The van der Waals surface area contributed by atoms with Crippen LogP contribution in [-0.4, -0.2) is 35.6 Å². The highest BCUT2D eigenvalue weighted by Gasteiger charge is 2.24. The van der Waals surface area contributed by atoms with Crippen molar-refractivity contribution in [3.8, 4) is 0 Å². The lowest BCUT2D eigenvalue weighted by atomic mass is 9.97. The molecule has 1 saturated heterocycles. The van der Waals surface area contributed by atoms with Gasteiger partial charge in [0.2, 0.25) is 0 Å². The maximum absolute atomic E-state index is 11.7. The number of piperidine rings is 1. The van der Waals surface area contributed by atoms with Gasteiger partial charge < -0.3 is 9.64 Å². The molecular weight excluding hydrogens is 310 g/mol. The first-order valence-corrected chi connectivity index (χ1v) is 8.86. The Kier molecular flexibility index (Phi) is 4.91. The van der Waals surface area contributed by atoms with Crippen molar-refractivity contribution in [2.45, 2.75) is 32.6 Å². The van der Waals surface area contributed by atoms with Crippen molar-refractivity contribution in [1.29, 1.82) is 0 Å². The van der Waals surface area contributed by atoms with Crippen LogP contribution in [0.15, 0.2) is 23.6 Å². The van der Waals surface area contributed by atoms with Crippen molar-refractivity contribution in [2.24, 2.45) is 0 Å². The Hall–Kier alpha value is -1.95. The fourth-order valence-corrected chi connectivity index (χ4v) is 3.79. The Bertz CT molecular complexity index is 678. The van der Waals surface area contributed by atoms with E-state index in [1.807, 2.05) is 18.4 Å². The number of esters is 1. The van der Waals surface area contributed by atoms with Crippen LogP contribution in [0.4, 0.5) is 5.82 Å². The third kappa shape index (κ3) is 3.69. The van der Waals surface area contributed by atoms with Gasteiger partial charge in [-0.1, -0.05) is 6.07 Å². The smallest absolute Gasteiger partial charge is 0.357 e. The number of ether oxygens (including phenoxy) is 1. The molecule has 2 aromatic rings. The van der Waals surface area contributed by atoms with Crippen molar-refractivity contribution in [3.63, 3.8) is 0 Å². The van der Waals surface area contributed by atoms with Gasteiger partial charge in [0.25, 0.3) is 0 Å². The minimum atomic E-state index is -0.323. The van der Waals surface area contributed by atoms with E-state index >= 15 is 0 Å². The highest BCUT2D eigenvalue weighted by atomic mass is 32.1. The quantitative estimate of drug-likeness (QED) is 0.804. The predicted octanol–water partition coefficient (Wildman–Crippen LogP) is 3.41. The molecule has 1 aliphatic heterocycles. The normalized spacial score (nSPS) is 15.7. The standard InChI is InChI=1S/C17H21N3O2S/c1-3-22-17(21)14-11-23-16(19-14)13-7-9-20(10-8-13)15-6-4-5-12(2)18-15/h4-6,11,13H,3,7-10H2,1-2H3. The van der Waals surface area contributed by atoms with Gasteiger partial charge in [0.15, 0.2) is 5.69 Å². The average Bonchev–Trinajstić information content (AvgIpc) is 3.05. The van der Waals surface area contributed by atoms with Crippen LogP contribution in [0.25, 0.3) is 0 Å². The zero-order chi connectivity index (χ0) is 16.2. The fourth-order valence-electron chi connectivity index (χ4n) is 2.83. The molecule has 0 radical (unpaired) electrons. The van der Waals surface area contributed by atoms with Gasteiger partial charge in [0, 0.05) is 30.1 Å². The molecule has 0 unspecified atom stereocenters. The lowest BCUT2D eigenvalue weighted by Crippen LogP contribution is -2.33. The van der Waals surface area contributed by atoms with Crippen molar-refractivity contribution in [3.05, 3.63) is 40.0 Å². The van der Waals surface area contributed by atoms with Crippen molar-refractivity contribution < 1.29 is 9.53 Å². The summed E-state index contributed by atoms with van der Waals surface area (Å²) in [5, 5.41) is 2.85. The number of pyridine rings is 1. The maximum Gasteiger partial charge on any atom is 0.357 e. The van der Waals surface area contributed by atoms with Crippen LogP contribution in [0.3, 0.4) is 0 Å². The second kappa shape index (κ2) is 7.08. The van der Waals surface area contributed by atoms with Crippen molar-refractivity contribution in [1.82, 2.24) is 9.97 Å². The lowest BCUT2D eigenvalue weighted by molar-refractivity contribution is 0.0520. The molecule has 6 heteroatoms. The largest absolute Gasteiger partial charge is 0.461 e. The molecule has 3 rings (SSSR count). The van der Waals surface area contributed by atoms with Gasteiger partial charge in [-0.05, 0) is 38.8 Å². The van der Waals surface area contributed by atoms with Crippen LogP contribution < -0.4 is 4.90 Å². The first-order chi connectivity index (χ1) is 11.2. The molecule has 2 aromatic heterocycles. The molecule has 23 heavy (non-hydrogen) atoms. The molecule has 0 spiro atoms. The Morgan fingerprint density at radius 2 is 2.13 bits per heavy atom. The molecule has 0 aliphatic carbocycles. The first kappa shape index (κ1) is 15.9. The van der Waals surface area contributed by atoms with Gasteiger partial charge in [-0.25, -0.2) is 14.8 Å². The van der Waals surface area contributed by atoms with Gasteiger partial charge in [-0.15, -0.1) is 11.3 Å². The SMILES string of the molecule is CCOC(=O)c1csc(C2CCN(c3cccc(C)n3)CC2)n1. The first-order valence-electron chi connectivity index (χ1n) is 7.98. The van der Waals surface area contributed by atoms with Gasteiger partial charge in [0.05, 0.1) is 11.6 Å². The van der Waals surface area contributed by atoms with E-state index in [2.05, 4.69) is 27.0 Å². The number of aromatic nitrogens is 2. The monoisotopic (exact) mass is 331 g/mol. The van der Waals surface area contributed by atoms with E-state index in [-0.39, 0.29) is 5.97 Å².